The van der Waals surface area contributed by atoms with Crippen molar-refractivity contribution < 1.29 is 0 Å². The Kier molecular flexibility index (Phi) is 5.01. The molecule has 2 aromatic heterocycles. The SMILES string of the molecule is CCc1ccccc1Nc1cc(C)nc(NCc2ccccn2)n1. The molecule has 0 atom stereocenters. The molecule has 0 radical (unpaired) electrons. The Bertz CT molecular complexity index is 802. The Labute approximate surface area is 142 Å². The predicted molar refractivity (Wildman–Crippen MR) is 97.4 cm³/mol. The number of nitrogens with one attached hydrogen (secondary N) is 2. The molecule has 0 bridgehead atoms. The van der Waals surface area contributed by atoms with Gasteiger partial charge in [-0.25, -0.2) is 4.98 Å². The molecule has 3 rings (SSSR count). The van der Waals surface area contributed by atoms with Gasteiger partial charge in [-0.1, -0.05) is 31.2 Å². The molecule has 24 heavy (non-hydrogen) atoms. The van der Waals surface area contributed by atoms with E-state index in [1.807, 2.05) is 37.3 Å². The molecule has 0 aliphatic rings. The van der Waals surface area contributed by atoms with Crippen molar-refractivity contribution in [2.24, 2.45) is 0 Å². The first-order valence-corrected chi connectivity index (χ1v) is 8.09. The number of aromatic nitrogens is 3. The van der Waals surface area contributed by atoms with E-state index in [2.05, 4.69) is 50.7 Å². The van der Waals surface area contributed by atoms with E-state index in [0.717, 1.165) is 29.3 Å². The second-order valence-electron chi connectivity index (χ2n) is 5.53. The van der Waals surface area contributed by atoms with Crippen LogP contribution in [0.1, 0.15) is 23.9 Å². The van der Waals surface area contributed by atoms with E-state index in [9.17, 15) is 0 Å². The summed E-state index contributed by atoms with van der Waals surface area (Å²) < 4.78 is 0. The smallest absolute Gasteiger partial charge is 0.225 e. The first kappa shape index (κ1) is 15.9. The third-order valence-electron chi connectivity index (χ3n) is 3.67. The number of pyridine rings is 1. The Hall–Kier alpha value is -2.95. The zero-order valence-electron chi connectivity index (χ0n) is 14.0. The van der Waals surface area contributed by atoms with Gasteiger partial charge >= 0.3 is 0 Å². The summed E-state index contributed by atoms with van der Waals surface area (Å²) >= 11 is 0. The molecule has 0 aliphatic carbocycles. The molecule has 2 N–H and O–H groups in total. The summed E-state index contributed by atoms with van der Waals surface area (Å²) in [6.07, 6.45) is 2.75. The van der Waals surface area contributed by atoms with Crippen molar-refractivity contribution in [3.05, 3.63) is 71.7 Å². The lowest BCUT2D eigenvalue weighted by Crippen LogP contribution is -2.07. The van der Waals surface area contributed by atoms with E-state index >= 15 is 0 Å². The predicted octanol–water partition coefficient (Wildman–Crippen LogP) is 4.10. The van der Waals surface area contributed by atoms with E-state index in [4.69, 9.17) is 0 Å². The summed E-state index contributed by atoms with van der Waals surface area (Å²) in [5.41, 5.74) is 4.20. The fourth-order valence-electron chi connectivity index (χ4n) is 2.47. The normalized spacial score (nSPS) is 10.4. The van der Waals surface area contributed by atoms with Crippen molar-refractivity contribution in [2.45, 2.75) is 26.8 Å². The van der Waals surface area contributed by atoms with Crippen molar-refractivity contribution in [1.82, 2.24) is 15.0 Å². The molecule has 1 aromatic carbocycles. The highest BCUT2D eigenvalue weighted by Gasteiger charge is 2.05. The van der Waals surface area contributed by atoms with Gasteiger partial charge in [0, 0.05) is 23.6 Å². The van der Waals surface area contributed by atoms with Gasteiger partial charge in [0.25, 0.3) is 0 Å². The molecule has 0 fully saturated rings. The quantitative estimate of drug-likeness (QED) is 0.716. The Morgan fingerprint density at radius 3 is 2.62 bits per heavy atom. The summed E-state index contributed by atoms with van der Waals surface area (Å²) in [4.78, 5) is 13.3. The summed E-state index contributed by atoms with van der Waals surface area (Å²) in [7, 11) is 0. The van der Waals surface area contributed by atoms with Crippen LogP contribution in [0, 0.1) is 6.92 Å². The second-order valence-corrected chi connectivity index (χ2v) is 5.53. The van der Waals surface area contributed by atoms with Crippen molar-refractivity contribution >= 4 is 17.5 Å². The number of hydrogen-bond donors (Lipinski definition) is 2. The van der Waals surface area contributed by atoms with Crippen LogP contribution >= 0.6 is 0 Å². The van der Waals surface area contributed by atoms with Crippen LogP contribution in [0.15, 0.2) is 54.7 Å². The monoisotopic (exact) mass is 319 g/mol. The van der Waals surface area contributed by atoms with Crippen LogP contribution in [0.4, 0.5) is 17.5 Å². The number of rotatable bonds is 6. The molecule has 0 unspecified atom stereocenters. The van der Waals surface area contributed by atoms with Crippen LogP contribution in [0.3, 0.4) is 0 Å². The standard InChI is InChI=1S/C19H21N5/c1-3-15-8-4-5-10-17(15)23-18-12-14(2)22-19(24-18)21-13-16-9-6-7-11-20-16/h4-12H,3,13H2,1-2H3,(H2,21,22,23,24). The van der Waals surface area contributed by atoms with E-state index in [1.165, 1.54) is 5.56 Å². The fourth-order valence-corrected chi connectivity index (χ4v) is 2.47. The van der Waals surface area contributed by atoms with Gasteiger partial charge < -0.3 is 10.6 Å². The van der Waals surface area contributed by atoms with Crippen molar-refractivity contribution in [3.8, 4) is 0 Å². The van der Waals surface area contributed by atoms with Crippen LogP contribution in [-0.2, 0) is 13.0 Å². The summed E-state index contributed by atoms with van der Waals surface area (Å²) in [5, 5.41) is 6.63. The summed E-state index contributed by atoms with van der Waals surface area (Å²) in [5.74, 6) is 1.38. The lowest BCUT2D eigenvalue weighted by atomic mass is 10.1. The molecule has 5 heteroatoms. The lowest BCUT2D eigenvalue weighted by molar-refractivity contribution is 0.990. The number of hydrogen-bond acceptors (Lipinski definition) is 5. The van der Waals surface area contributed by atoms with Crippen LogP contribution in [0.2, 0.25) is 0 Å². The molecular weight excluding hydrogens is 298 g/mol. The molecule has 0 amide bonds. The lowest BCUT2D eigenvalue weighted by Gasteiger charge is -2.12. The molecule has 0 saturated carbocycles. The van der Waals surface area contributed by atoms with Gasteiger partial charge in [-0.3, -0.25) is 4.98 Å². The Morgan fingerprint density at radius 2 is 1.83 bits per heavy atom. The molecule has 3 aromatic rings. The van der Waals surface area contributed by atoms with Crippen molar-refractivity contribution in [1.29, 1.82) is 0 Å². The molecule has 2 heterocycles. The first-order valence-electron chi connectivity index (χ1n) is 8.09. The highest BCUT2D eigenvalue weighted by molar-refractivity contribution is 5.61. The van der Waals surface area contributed by atoms with Crippen LogP contribution in [0.25, 0.3) is 0 Å². The zero-order valence-corrected chi connectivity index (χ0v) is 14.0. The van der Waals surface area contributed by atoms with Crippen LogP contribution < -0.4 is 10.6 Å². The van der Waals surface area contributed by atoms with Gasteiger partial charge in [0.2, 0.25) is 5.95 Å². The molecule has 0 saturated heterocycles. The third kappa shape index (κ3) is 4.07. The average Bonchev–Trinajstić information content (AvgIpc) is 2.61. The van der Waals surface area contributed by atoms with Crippen LogP contribution in [0.5, 0.6) is 0 Å². The van der Waals surface area contributed by atoms with Gasteiger partial charge in [0.15, 0.2) is 0 Å². The number of anilines is 3. The summed E-state index contributed by atoms with van der Waals surface area (Å²) in [6.45, 7) is 4.70. The largest absolute Gasteiger partial charge is 0.349 e. The third-order valence-corrected chi connectivity index (χ3v) is 3.67. The van der Waals surface area contributed by atoms with Gasteiger partial charge in [-0.05, 0) is 37.1 Å². The van der Waals surface area contributed by atoms with Gasteiger partial charge in [-0.15, -0.1) is 0 Å². The Morgan fingerprint density at radius 1 is 1.00 bits per heavy atom. The van der Waals surface area contributed by atoms with Crippen LogP contribution in [-0.4, -0.2) is 15.0 Å². The zero-order chi connectivity index (χ0) is 16.8. The molecule has 0 aliphatic heterocycles. The number of aryl methyl sites for hydroxylation is 2. The first-order chi connectivity index (χ1) is 11.7. The van der Waals surface area contributed by atoms with Gasteiger partial charge in [-0.2, -0.15) is 4.98 Å². The van der Waals surface area contributed by atoms with E-state index in [-0.39, 0.29) is 0 Å². The van der Waals surface area contributed by atoms with Gasteiger partial charge in [0.05, 0.1) is 12.2 Å². The molecule has 5 nitrogen and oxygen atoms in total. The van der Waals surface area contributed by atoms with E-state index < -0.39 is 0 Å². The maximum atomic E-state index is 4.56. The van der Waals surface area contributed by atoms with Crippen molar-refractivity contribution in [3.63, 3.8) is 0 Å². The Balaban J connectivity index is 1.76. The van der Waals surface area contributed by atoms with E-state index in [0.29, 0.717) is 12.5 Å². The average molecular weight is 319 g/mol. The van der Waals surface area contributed by atoms with Crippen molar-refractivity contribution in [2.75, 3.05) is 10.6 Å². The maximum Gasteiger partial charge on any atom is 0.225 e. The maximum absolute atomic E-state index is 4.56. The molecular formula is C19H21N5. The minimum atomic E-state index is 0.593. The molecule has 0 spiro atoms. The minimum absolute atomic E-state index is 0.593. The topological polar surface area (TPSA) is 62.7 Å². The summed E-state index contributed by atoms with van der Waals surface area (Å²) in [6, 6.07) is 16.0. The highest BCUT2D eigenvalue weighted by atomic mass is 15.1. The van der Waals surface area contributed by atoms with Gasteiger partial charge in [0.1, 0.15) is 5.82 Å². The fraction of sp³-hybridized carbons (Fsp3) is 0.211. The second kappa shape index (κ2) is 7.55. The number of nitrogens with zero attached hydrogens (tertiary/aromatic N) is 3. The minimum Gasteiger partial charge on any atom is -0.349 e. The molecule has 122 valence electrons. The highest BCUT2D eigenvalue weighted by Crippen LogP contribution is 2.21. The number of benzene rings is 1. The van der Waals surface area contributed by atoms with E-state index in [1.54, 1.807) is 6.20 Å². The number of para-hydroxylation sites is 1.